The zero-order valence-electron chi connectivity index (χ0n) is 12.2. The normalized spacial score (nSPS) is 10.3. The van der Waals surface area contributed by atoms with Gasteiger partial charge in [0.25, 0.3) is 5.91 Å². The van der Waals surface area contributed by atoms with Crippen molar-refractivity contribution in [2.45, 2.75) is 39.0 Å². The molecule has 0 aliphatic heterocycles. The molecule has 0 fully saturated rings. The van der Waals surface area contributed by atoms with Gasteiger partial charge in [0, 0.05) is 18.0 Å². The lowest BCUT2D eigenvalue weighted by Crippen LogP contribution is -2.24. The monoisotopic (exact) mass is 297 g/mol. The minimum atomic E-state index is -0.0315. The Bertz CT molecular complexity index is 379. The molecule has 0 saturated heterocycles. The fraction of sp³-hybridized carbons (Fsp3) is 0.562. The van der Waals surface area contributed by atoms with E-state index in [1.54, 1.807) is 12.1 Å². The largest absolute Gasteiger partial charge is 0.494 e. The summed E-state index contributed by atoms with van der Waals surface area (Å²) in [6.07, 6.45) is 5.18. The molecule has 1 aromatic carbocycles. The molecule has 0 aliphatic carbocycles. The number of nitrogens with one attached hydrogen (secondary N) is 1. The van der Waals surface area contributed by atoms with Crippen LogP contribution < -0.4 is 10.1 Å². The first-order valence-corrected chi connectivity index (χ1v) is 7.88. The first-order valence-electron chi connectivity index (χ1n) is 7.35. The molecule has 1 aromatic rings. The average Bonchev–Trinajstić information content (AvgIpc) is 2.48. The molecule has 0 heterocycles. The van der Waals surface area contributed by atoms with E-state index in [2.05, 4.69) is 12.2 Å². The molecule has 20 heavy (non-hydrogen) atoms. The van der Waals surface area contributed by atoms with Crippen LogP contribution in [0.5, 0.6) is 5.75 Å². The molecule has 1 N–H and O–H groups in total. The maximum Gasteiger partial charge on any atom is 0.251 e. The lowest BCUT2D eigenvalue weighted by atomic mass is 10.2. The number of carbonyl (C=O) groups is 1. The van der Waals surface area contributed by atoms with Crippen molar-refractivity contribution >= 4 is 17.5 Å². The van der Waals surface area contributed by atoms with E-state index in [-0.39, 0.29) is 5.91 Å². The summed E-state index contributed by atoms with van der Waals surface area (Å²) in [6, 6.07) is 7.29. The van der Waals surface area contributed by atoms with Gasteiger partial charge in [-0.1, -0.05) is 19.8 Å². The molecule has 0 radical (unpaired) electrons. The summed E-state index contributed by atoms with van der Waals surface area (Å²) < 4.78 is 5.56. The van der Waals surface area contributed by atoms with Crippen LogP contribution in [0.1, 0.15) is 49.4 Å². The lowest BCUT2D eigenvalue weighted by molar-refractivity contribution is 0.0953. The molecule has 0 unspecified atom stereocenters. The molecule has 112 valence electrons. The third-order valence-electron chi connectivity index (χ3n) is 2.98. The fourth-order valence-corrected chi connectivity index (χ4v) is 1.93. The Labute approximate surface area is 126 Å². The van der Waals surface area contributed by atoms with Gasteiger partial charge in [-0.05, 0) is 43.5 Å². The standard InChI is InChI=1S/C16H24ClNO2/c1-2-3-13-20-15-9-7-14(8-10-15)16(19)18-12-6-4-5-11-17/h7-10H,2-6,11-13H2,1H3,(H,18,19). The van der Waals surface area contributed by atoms with Crippen LogP contribution in [0.2, 0.25) is 0 Å². The molecule has 0 aliphatic rings. The van der Waals surface area contributed by atoms with Crippen molar-refractivity contribution in [3.8, 4) is 5.75 Å². The SMILES string of the molecule is CCCCOc1ccc(C(=O)NCCCCCCl)cc1. The Morgan fingerprint density at radius 1 is 1.15 bits per heavy atom. The lowest BCUT2D eigenvalue weighted by Gasteiger charge is -2.07. The number of hydrogen-bond donors (Lipinski definition) is 1. The number of amides is 1. The van der Waals surface area contributed by atoms with E-state index in [1.807, 2.05) is 12.1 Å². The van der Waals surface area contributed by atoms with Crippen LogP contribution in [0.3, 0.4) is 0 Å². The summed E-state index contributed by atoms with van der Waals surface area (Å²) in [4.78, 5) is 11.9. The molecular formula is C16H24ClNO2. The van der Waals surface area contributed by atoms with Crippen molar-refractivity contribution in [1.82, 2.24) is 5.32 Å². The highest BCUT2D eigenvalue weighted by atomic mass is 35.5. The zero-order chi connectivity index (χ0) is 14.6. The fourth-order valence-electron chi connectivity index (χ4n) is 1.74. The first kappa shape index (κ1) is 16.8. The molecule has 0 aromatic heterocycles. The maximum absolute atomic E-state index is 11.9. The highest BCUT2D eigenvalue weighted by Gasteiger charge is 2.04. The number of alkyl halides is 1. The Hall–Kier alpha value is -1.22. The van der Waals surface area contributed by atoms with Gasteiger partial charge in [0.1, 0.15) is 5.75 Å². The van der Waals surface area contributed by atoms with E-state index in [1.165, 1.54) is 0 Å². The molecule has 1 amide bonds. The second-order valence-corrected chi connectivity index (χ2v) is 5.11. The van der Waals surface area contributed by atoms with Gasteiger partial charge in [-0.2, -0.15) is 0 Å². The van der Waals surface area contributed by atoms with E-state index >= 15 is 0 Å². The predicted octanol–water partition coefficient (Wildman–Crippen LogP) is 4.00. The van der Waals surface area contributed by atoms with Crippen LogP contribution in [0.25, 0.3) is 0 Å². The van der Waals surface area contributed by atoms with Crippen LogP contribution >= 0.6 is 11.6 Å². The van der Waals surface area contributed by atoms with Gasteiger partial charge in [0.05, 0.1) is 6.61 Å². The molecule has 1 rings (SSSR count). The average molecular weight is 298 g/mol. The van der Waals surface area contributed by atoms with Crippen molar-refractivity contribution in [3.05, 3.63) is 29.8 Å². The summed E-state index contributed by atoms with van der Waals surface area (Å²) in [5, 5.41) is 2.91. The Morgan fingerprint density at radius 2 is 1.90 bits per heavy atom. The summed E-state index contributed by atoms with van der Waals surface area (Å²) in [5.74, 6) is 1.47. The minimum absolute atomic E-state index is 0.0315. The quantitative estimate of drug-likeness (QED) is 0.523. The number of benzene rings is 1. The van der Waals surface area contributed by atoms with Gasteiger partial charge in [0.15, 0.2) is 0 Å². The molecule has 3 nitrogen and oxygen atoms in total. The van der Waals surface area contributed by atoms with Gasteiger partial charge in [-0.15, -0.1) is 11.6 Å². The van der Waals surface area contributed by atoms with Gasteiger partial charge >= 0.3 is 0 Å². The summed E-state index contributed by atoms with van der Waals surface area (Å²) in [6.45, 7) is 3.55. The number of ether oxygens (including phenoxy) is 1. The van der Waals surface area contributed by atoms with Crippen molar-refractivity contribution in [2.75, 3.05) is 19.0 Å². The summed E-state index contributed by atoms with van der Waals surface area (Å²) in [5.41, 5.74) is 0.671. The molecule has 0 spiro atoms. The number of carbonyl (C=O) groups excluding carboxylic acids is 1. The Balaban J connectivity index is 2.30. The topological polar surface area (TPSA) is 38.3 Å². The van der Waals surface area contributed by atoms with Crippen LogP contribution in [0.4, 0.5) is 0 Å². The van der Waals surface area contributed by atoms with Gasteiger partial charge < -0.3 is 10.1 Å². The molecule has 0 atom stereocenters. The minimum Gasteiger partial charge on any atom is -0.494 e. The zero-order valence-corrected chi connectivity index (χ0v) is 12.9. The van der Waals surface area contributed by atoms with E-state index < -0.39 is 0 Å². The van der Waals surface area contributed by atoms with Crippen molar-refractivity contribution in [1.29, 1.82) is 0 Å². The highest BCUT2D eigenvalue weighted by Crippen LogP contribution is 2.12. The smallest absolute Gasteiger partial charge is 0.251 e. The number of hydrogen-bond acceptors (Lipinski definition) is 2. The van der Waals surface area contributed by atoms with Crippen LogP contribution in [0.15, 0.2) is 24.3 Å². The van der Waals surface area contributed by atoms with Crippen molar-refractivity contribution in [3.63, 3.8) is 0 Å². The van der Waals surface area contributed by atoms with Crippen LogP contribution in [-0.4, -0.2) is 24.9 Å². The molecule has 0 saturated carbocycles. The van der Waals surface area contributed by atoms with E-state index in [9.17, 15) is 4.79 Å². The van der Waals surface area contributed by atoms with Crippen LogP contribution in [0, 0.1) is 0 Å². The number of unbranched alkanes of at least 4 members (excludes halogenated alkanes) is 3. The molecular weight excluding hydrogens is 274 g/mol. The second-order valence-electron chi connectivity index (χ2n) is 4.73. The van der Waals surface area contributed by atoms with Crippen LogP contribution in [-0.2, 0) is 0 Å². The van der Waals surface area contributed by atoms with Crippen molar-refractivity contribution < 1.29 is 9.53 Å². The Morgan fingerprint density at radius 3 is 2.55 bits per heavy atom. The van der Waals surface area contributed by atoms with E-state index in [0.717, 1.165) is 44.5 Å². The predicted molar refractivity (Wildman–Crippen MR) is 83.7 cm³/mol. The molecule has 4 heteroatoms. The van der Waals surface area contributed by atoms with Crippen molar-refractivity contribution in [2.24, 2.45) is 0 Å². The summed E-state index contributed by atoms with van der Waals surface area (Å²) >= 11 is 5.60. The summed E-state index contributed by atoms with van der Waals surface area (Å²) in [7, 11) is 0. The second kappa shape index (κ2) is 10.6. The maximum atomic E-state index is 11.9. The third-order valence-corrected chi connectivity index (χ3v) is 3.25. The molecule has 0 bridgehead atoms. The van der Waals surface area contributed by atoms with E-state index in [0.29, 0.717) is 18.0 Å². The van der Waals surface area contributed by atoms with E-state index in [4.69, 9.17) is 16.3 Å². The van der Waals surface area contributed by atoms with Gasteiger partial charge in [-0.3, -0.25) is 4.79 Å². The third kappa shape index (κ3) is 6.80. The van der Waals surface area contributed by atoms with Gasteiger partial charge in [-0.25, -0.2) is 0 Å². The Kier molecular flexibility index (Phi) is 8.88. The van der Waals surface area contributed by atoms with Gasteiger partial charge in [0.2, 0.25) is 0 Å². The highest BCUT2D eigenvalue weighted by molar-refractivity contribution is 6.17. The number of halogens is 1. The number of rotatable bonds is 10. The first-order chi connectivity index (χ1) is 9.77.